The molecule has 0 aliphatic carbocycles. The summed E-state index contributed by atoms with van der Waals surface area (Å²) >= 11 is 0. The molecule has 0 atom stereocenters. The van der Waals surface area contributed by atoms with E-state index in [4.69, 9.17) is 0 Å². The summed E-state index contributed by atoms with van der Waals surface area (Å²) in [6.45, 7) is -0.935. The zero-order valence-corrected chi connectivity index (χ0v) is 27.8. The van der Waals surface area contributed by atoms with Gasteiger partial charge in [-0.05, 0) is 59.6 Å². The van der Waals surface area contributed by atoms with Crippen LogP contribution in [0, 0.1) is 17.0 Å². The number of nitro groups is 1. The van der Waals surface area contributed by atoms with Crippen LogP contribution in [0.1, 0.15) is 11.1 Å². The number of nitrogens with zero attached hydrogens (tertiary/aromatic N) is 2. The van der Waals surface area contributed by atoms with Crippen LogP contribution in [0.5, 0.6) is 0 Å². The first-order chi connectivity index (χ1) is 23.3. The minimum atomic E-state index is -4.39. The summed E-state index contributed by atoms with van der Waals surface area (Å²) in [6.07, 6.45) is 0. The smallest absolute Gasteiger partial charge is 0.284 e. The minimum absolute atomic E-state index is 0.147. The molecule has 1 N–H and O–H groups in total. The summed E-state index contributed by atoms with van der Waals surface area (Å²) in [7, 11) is -4.39. The van der Waals surface area contributed by atoms with Crippen molar-refractivity contribution in [3.63, 3.8) is 0 Å². The lowest BCUT2D eigenvalue weighted by Crippen LogP contribution is -2.37. The van der Waals surface area contributed by atoms with Crippen LogP contribution in [0.15, 0.2) is 179 Å². The third kappa shape index (κ3) is 6.63. The Hall–Kier alpha value is -5.56. The van der Waals surface area contributed by atoms with Gasteiger partial charge < -0.3 is 5.32 Å². The third-order valence-electron chi connectivity index (χ3n) is 7.91. The Bertz CT molecular complexity index is 2120. The van der Waals surface area contributed by atoms with E-state index in [1.54, 1.807) is 0 Å². The fraction of sp³-hybridized carbons (Fsp3) is 0.0256. The number of aryl methyl sites for hydroxylation is 1. The second kappa shape index (κ2) is 14.1. The maximum Gasteiger partial charge on any atom is 0.284 e. The maximum absolute atomic E-state index is 14.2. The standard InChI is InChI=1S/C39H32N3O4PS/c1-30-22-24-32(25-23-30)40-39(41-48(45,46)37-28-26-33(27-29-37)42(43)44)38(31-14-6-2-7-15-31)47(34-16-8-3-9-17-34,35-18-10-4-11-19-35)36-20-12-5-13-21-36/h2-29H,1H3,(H,40,41). The Morgan fingerprint density at radius 1 is 0.625 bits per heavy atom. The van der Waals surface area contributed by atoms with E-state index >= 15 is 0 Å². The van der Waals surface area contributed by atoms with Crippen LogP contribution < -0.4 is 21.2 Å². The molecule has 7 nitrogen and oxygen atoms in total. The molecular weight excluding hydrogens is 637 g/mol. The summed E-state index contributed by atoms with van der Waals surface area (Å²) in [5.41, 5.74) is 2.28. The number of hydrogen-bond acceptors (Lipinski definition) is 4. The lowest BCUT2D eigenvalue weighted by molar-refractivity contribution is -0.384. The van der Waals surface area contributed by atoms with Gasteiger partial charge in [0.25, 0.3) is 15.7 Å². The molecule has 0 spiro atoms. The van der Waals surface area contributed by atoms with Crippen molar-refractivity contribution in [3.05, 3.63) is 191 Å². The van der Waals surface area contributed by atoms with Crippen molar-refractivity contribution in [1.29, 1.82) is 0 Å². The maximum atomic E-state index is 14.2. The predicted molar refractivity (Wildman–Crippen MR) is 198 cm³/mol. The normalized spacial score (nSPS) is 11.9. The van der Waals surface area contributed by atoms with Crippen LogP contribution in [0.2, 0.25) is 0 Å². The Balaban J connectivity index is 1.82. The average molecular weight is 670 g/mol. The highest BCUT2D eigenvalue weighted by Gasteiger charge is 2.34. The van der Waals surface area contributed by atoms with Gasteiger partial charge in [0.15, 0.2) is 5.84 Å². The molecular formula is C39H32N3O4PS. The molecule has 6 aromatic carbocycles. The number of rotatable bonds is 9. The van der Waals surface area contributed by atoms with Gasteiger partial charge in [-0.2, -0.15) is 8.42 Å². The molecule has 0 unspecified atom stereocenters. The van der Waals surface area contributed by atoms with E-state index < -0.39 is 21.8 Å². The van der Waals surface area contributed by atoms with Crippen LogP contribution in [-0.4, -0.2) is 24.5 Å². The highest BCUT2D eigenvalue weighted by atomic mass is 32.2. The summed E-state index contributed by atoms with van der Waals surface area (Å²) in [5, 5.41) is 18.5. The first kappa shape index (κ1) is 32.4. The molecule has 0 aliphatic rings. The quantitative estimate of drug-likeness (QED) is 0.0572. The molecule has 48 heavy (non-hydrogen) atoms. The number of anilines is 1. The van der Waals surface area contributed by atoms with E-state index in [-0.39, 0.29) is 16.4 Å². The zero-order valence-electron chi connectivity index (χ0n) is 26.0. The third-order valence-corrected chi connectivity index (χ3v) is 13.6. The molecule has 6 aromatic rings. The highest BCUT2D eigenvalue weighted by Crippen LogP contribution is 2.48. The Kier molecular flexibility index (Phi) is 9.48. The molecule has 0 saturated heterocycles. The van der Waals surface area contributed by atoms with E-state index in [9.17, 15) is 18.5 Å². The van der Waals surface area contributed by atoms with Gasteiger partial charge in [0.05, 0.1) is 9.82 Å². The molecule has 9 heteroatoms. The molecule has 0 amide bonds. The Labute approximate surface area is 280 Å². The van der Waals surface area contributed by atoms with Gasteiger partial charge in [-0.3, -0.25) is 10.1 Å². The van der Waals surface area contributed by atoms with Crippen molar-refractivity contribution in [3.8, 4) is 0 Å². The van der Waals surface area contributed by atoms with Crippen molar-refractivity contribution >= 4 is 55.3 Å². The van der Waals surface area contributed by atoms with Crippen LogP contribution in [0.4, 0.5) is 11.4 Å². The van der Waals surface area contributed by atoms with E-state index in [2.05, 4.69) is 46.1 Å². The molecule has 0 heterocycles. The van der Waals surface area contributed by atoms with Crippen LogP contribution >= 0.6 is 6.89 Å². The van der Waals surface area contributed by atoms with Crippen molar-refractivity contribution in [2.24, 2.45) is 4.40 Å². The summed E-state index contributed by atoms with van der Waals surface area (Å²) in [4.78, 5) is 10.6. The van der Waals surface area contributed by atoms with Crippen LogP contribution in [-0.2, 0) is 10.0 Å². The van der Waals surface area contributed by atoms with Crippen molar-refractivity contribution in [2.45, 2.75) is 11.8 Å². The lowest BCUT2D eigenvalue weighted by atomic mass is 10.1. The SMILES string of the molecule is Cc1ccc(N/C(=N\S(=O)(=O)c2ccc([N+](=O)[O-])cc2)C(c2ccccc2)=P(c2ccccc2)(c2ccccc2)c2ccccc2)cc1. The first-order valence-corrected chi connectivity index (χ1v) is 18.4. The first-order valence-electron chi connectivity index (χ1n) is 15.2. The van der Waals surface area contributed by atoms with Gasteiger partial charge in [-0.15, -0.1) is 4.40 Å². The van der Waals surface area contributed by atoms with Gasteiger partial charge >= 0.3 is 0 Å². The number of amidine groups is 1. The van der Waals surface area contributed by atoms with Crippen LogP contribution in [0.3, 0.4) is 0 Å². The monoisotopic (exact) mass is 669 g/mol. The molecule has 0 bridgehead atoms. The van der Waals surface area contributed by atoms with E-state index in [1.807, 2.05) is 116 Å². The molecule has 238 valence electrons. The number of nitrogens with one attached hydrogen (secondary N) is 1. The molecule has 0 saturated carbocycles. The minimum Gasteiger partial charge on any atom is -0.339 e. The van der Waals surface area contributed by atoms with E-state index in [0.29, 0.717) is 11.0 Å². The molecule has 6 rings (SSSR count). The Morgan fingerprint density at radius 3 is 1.50 bits per heavy atom. The van der Waals surface area contributed by atoms with Crippen molar-refractivity contribution in [2.75, 3.05) is 5.32 Å². The van der Waals surface area contributed by atoms with Gasteiger partial charge in [-0.1, -0.05) is 139 Å². The topological polar surface area (TPSA) is 102 Å². The number of benzene rings is 6. The Morgan fingerprint density at radius 2 is 1.06 bits per heavy atom. The highest BCUT2D eigenvalue weighted by molar-refractivity contribution is 7.97. The van der Waals surface area contributed by atoms with E-state index in [0.717, 1.165) is 27.0 Å². The van der Waals surface area contributed by atoms with Gasteiger partial charge in [0.1, 0.15) is 0 Å². The molecule has 0 aromatic heterocycles. The van der Waals surface area contributed by atoms with Gasteiger partial charge in [0.2, 0.25) is 0 Å². The largest absolute Gasteiger partial charge is 0.339 e. The van der Waals surface area contributed by atoms with Crippen LogP contribution in [0.25, 0.3) is 0 Å². The fourth-order valence-electron chi connectivity index (χ4n) is 5.69. The molecule has 0 aliphatic heterocycles. The predicted octanol–water partition coefficient (Wildman–Crippen LogP) is 7.32. The summed E-state index contributed by atoms with van der Waals surface area (Å²) in [6, 6.07) is 52.6. The summed E-state index contributed by atoms with van der Waals surface area (Å²) in [5.74, 6) is 0.147. The molecule has 0 fully saturated rings. The lowest BCUT2D eigenvalue weighted by Gasteiger charge is -2.34. The average Bonchev–Trinajstić information content (AvgIpc) is 3.12. The second-order valence-electron chi connectivity index (χ2n) is 11.0. The van der Waals surface area contributed by atoms with Crippen molar-refractivity contribution < 1.29 is 13.3 Å². The fourth-order valence-corrected chi connectivity index (χ4v) is 11.2. The summed E-state index contributed by atoms with van der Waals surface area (Å²) < 4.78 is 33.1. The number of sulfonamides is 1. The van der Waals surface area contributed by atoms with Crippen molar-refractivity contribution in [1.82, 2.24) is 0 Å². The van der Waals surface area contributed by atoms with Gasteiger partial charge in [0, 0.05) is 23.1 Å². The van der Waals surface area contributed by atoms with Gasteiger partial charge in [-0.25, -0.2) is 0 Å². The number of hydrogen-bond donors (Lipinski definition) is 1. The zero-order chi connectivity index (χ0) is 33.6. The second-order valence-corrected chi connectivity index (χ2v) is 16.0. The number of non-ortho nitro benzene ring substituents is 1. The number of nitro benzene ring substituents is 1. The van der Waals surface area contributed by atoms with E-state index in [1.165, 1.54) is 24.3 Å². The molecule has 0 radical (unpaired) electrons.